The van der Waals surface area contributed by atoms with Crippen LogP contribution in [0.25, 0.3) is 11.4 Å². The summed E-state index contributed by atoms with van der Waals surface area (Å²) in [6, 6.07) is 8.77. The lowest BCUT2D eigenvalue weighted by Crippen LogP contribution is -2.33. The fourth-order valence-corrected chi connectivity index (χ4v) is 1.36. The Hall–Kier alpha value is -2.21. The van der Waals surface area contributed by atoms with Crippen molar-refractivity contribution in [3.05, 3.63) is 36.2 Å². The molecule has 18 heavy (non-hydrogen) atoms. The number of benzene rings is 1. The molecule has 2 rings (SSSR count). The van der Waals surface area contributed by atoms with E-state index in [-0.39, 0.29) is 6.54 Å². The molecule has 0 saturated heterocycles. The minimum atomic E-state index is -0.919. The maximum absolute atomic E-state index is 10.6. The summed E-state index contributed by atoms with van der Waals surface area (Å²) < 4.78 is 5.03. The molecule has 0 saturated carbocycles. The molecule has 0 aliphatic heterocycles. The number of aromatic nitrogens is 2. The van der Waals surface area contributed by atoms with Gasteiger partial charge in [-0.2, -0.15) is 4.98 Å². The molecule has 0 aliphatic carbocycles. The average molecular weight is 247 g/mol. The van der Waals surface area contributed by atoms with Crippen LogP contribution in [0.2, 0.25) is 0 Å². The van der Waals surface area contributed by atoms with Crippen molar-refractivity contribution in [2.75, 3.05) is 0 Å². The molecule has 0 spiro atoms. The number of hydrogen-bond acceptors (Lipinski definition) is 5. The molecule has 2 N–H and O–H groups in total. The third-order valence-electron chi connectivity index (χ3n) is 2.43. The van der Waals surface area contributed by atoms with Gasteiger partial charge in [0.15, 0.2) is 0 Å². The van der Waals surface area contributed by atoms with E-state index in [1.54, 1.807) is 6.92 Å². The van der Waals surface area contributed by atoms with Gasteiger partial charge in [-0.15, -0.1) is 0 Å². The molecule has 6 heteroatoms. The number of carbonyl (C=O) groups is 1. The largest absolute Gasteiger partial charge is 0.480 e. The summed E-state index contributed by atoms with van der Waals surface area (Å²) in [6.45, 7) is 1.78. The third kappa shape index (κ3) is 2.92. The van der Waals surface area contributed by atoms with Gasteiger partial charge in [0.2, 0.25) is 11.7 Å². The predicted molar refractivity (Wildman–Crippen MR) is 63.7 cm³/mol. The maximum atomic E-state index is 10.6. The number of carboxylic acid groups (broad SMARTS) is 1. The van der Waals surface area contributed by atoms with Crippen LogP contribution in [0.3, 0.4) is 0 Å². The Morgan fingerprint density at radius 3 is 2.83 bits per heavy atom. The summed E-state index contributed by atoms with van der Waals surface area (Å²) in [4.78, 5) is 14.8. The Morgan fingerprint density at radius 2 is 2.17 bits per heavy atom. The summed E-state index contributed by atoms with van der Waals surface area (Å²) in [6.07, 6.45) is 0. The van der Waals surface area contributed by atoms with Crippen LogP contribution in [0.5, 0.6) is 0 Å². The Morgan fingerprint density at radius 1 is 1.44 bits per heavy atom. The molecule has 1 atom stereocenters. The van der Waals surface area contributed by atoms with Crippen LogP contribution in [-0.2, 0) is 11.3 Å². The van der Waals surface area contributed by atoms with Crippen molar-refractivity contribution in [3.8, 4) is 11.4 Å². The first-order chi connectivity index (χ1) is 8.66. The van der Waals surface area contributed by atoms with Gasteiger partial charge < -0.3 is 9.63 Å². The summed E-state index contributed by atoms with van der Waals surface area (Å²) in [7, 11) is 0. The molecule has 0 aliphatic rings. The van der Waals surface area contributed by atoms with Crippen molar-refractivity contribution in [2.24, 2.45) is 0 Å². The normalized spacial score (nSPS) is 12.3. The molecule has 0 radical (unpaired) electrons. The van der Waals surface area contributed by atoms with E-state index in [9.17, 15) is 4.79 Å². The molecule has 1 aromatic carbocycles. The lowest BCUT2D eigenvalue weighted by atomic mass is 10.2. The van der Waals surface area contributed by atoms with E-state index in [1.165, 1.54) is 0 Å². The number of nitrogens with one attached hydrogen (secondary N) is 1. The van der Waals surface area contributed by atoms with E-state index < -0.39 is 12.0 Å². The number of carboxylic acids is 1. The Labute approximate surface area is 104 Å². The quantitative estimate of drug-likeness (QED) is 0.827. The van der Waals surface area contributed by atoms with Crippen LogP contribution in [0.4, 0.5) is 0 Å². The number of aliphatic carboxylic acids is 1. The Bertz CT molecular complexity index is 524. The number of rotatable bonds is 5. The zero-order chi connectivity index (χ0) is 13.0. The van der Waals surface area contributed by atoms with Gasteiger partial charge in [0.1, 0.15) is 6.04 Å². The standard InChI is InChI=1S/C12H13N3O3/c1-8(12(16)17)13-7-10-14-11(15-18-10)9-5-3-2-4-6-9/h2-6,8,13H,7H2,1H3,(H,16,17). The smallest absolute Gasteiger partial charge is 0.320 e. The first-order valence-electron chi connectivity index (χ1n) is 5.51. The summed E-state index contributed by atoms with van der Waals surface area (Å²) >= 11 is 0. The van der Waals surface area contributed by atoms with E-state index in [0.717, 1.165) is 5.56 Å². The van der Waals surface area contributed by atoms with Crippen molar-refractivity contribution in [3.63, 3.8) is 0 Å². The fraction of sp³-hybridized carbons (Fsp3) is 0.250. The molecule has 1 unspecified atom stereocenters. The van der Waals surface area contributed by atoms with Crippen LogP contribution in [0.15, 0.2) is 34.9 Å². The highest BCUT2D eigenvalue weighted by Crippen LogP contribution is 2.14. The highest BCUT2D eigenvalue weighted by molar-refractivity contribution is 5.72. The van der Waals surface area contributed by atoms with Gasteiger partial charge in [0.25, 0.3) is 0 Å². The zero-order valence-electron chi connectivity index (χ0n) is 9.83. The van der Waals surface area contributed by atoms with Gasteiger partial charge in [-0.1, -0.05) is 35.5 Å². The first kappa shape index (κ1) is 12.3. The highest BCUT2D eigenvalue weighted by atomic mass is 16.5. The molecule has 6 nitrogen and oxygen atoms in total. The molecule has 0 bridgehead atoms. The lowest BCUT2D eigenvalue weighted by Gasteiger charge is -2.05. The molecule has 0 amide bonds. The summed E-state index contributed by atoms with van der Waals surface area (Å²) in [5.74, 6) is -0.0601. The maximum Gasteiger partial charge on any atom is 0.320 e. The third-order valence-corrected chi connectivity index (χ3v) is 2.43. The second-order valence-corrected chi connectivity index (χ2v) is 3.82. The summed E-state index contributed by atoms with van der Waals surface area (Å²) in [5, 5.41) is 15.3. The SMILES string of the molecule is CC(NCc1nc(-c2ccccc2)no1)C(=O)O. The predicted octanol–water partition coefficient (Wildman–Crippen LogP) is 1.30. The average Bonchev–Trinajstić information content (AvgIpc) is 2.85. The second-order valence-electron chi connectivity index (χ2n) is 3.82. The minimum absolute atomic E-state index is 0.229. The van der Waals surface area contributed by atoms with Gasteiger partial charge in [-0.3, -0.25) is 10.1 Å². The minimum Gasteiger partial charge on any atom is -0.480 e. The van der Waals surface area contributed by atoms with Gasteiger partial charge in [-0.25, -0.2) is 0 Å². The van der Waals surface area contributed by atoms with Gasteiger partial charge in [-0.05, 0) is 6.92 Å². The van der Waals surface area contributed by atoms with Crippen molar-refractivity contribution < 1.29 is 14.4 Å². The number of nitrogens with zero attached hydrogens (tertiary/aromatic N) is 2. The van der Waals surface area contributed by atoms with Crippen LogP contribution in [0.1, 0.15) is 12.8 Å². The summed E-state index contributed by atoms with van der Waals surface area (Å²) in [5.41, 5.74) is 0.860. The van der Waals surface area contributed by atoms with E-state index in [2.05, 4.69) is 15.5 Å². The monoisotopic (exact) mass is 247 g/mol. The molecule has 1 heterocycles. The van der Waals surface area contributed by atoms with Crippen molar-refractivity contribution >= 4 is 5.97 Å². The molecular weight excluding hydrogens is 234 g/mol. The molecule has 2 aromatic rings. The topological polar surface area (TPSA) is 88.3 Å². The van der Waals surface area contributed by atoms with Gasteiger partial charge in [0.05, 0.1) is 6.54 Å². The lowest BCUT2D eigenvalue weighted by molar-refractivity contribution is -0.139. The second kappa shape index (κ2) is 5.42. The number of hydrogen-bond donors (Lipinski definition) is 2. The Balaban J connectivity index is 2.01. The van der Waals surface area contributed by atoms with Gasteiger partial charge >= 0.3 is 5.97 Å². The molecular formula is C12H13N3O3. The van der Waals surface area contributed by atoms with Crippen molar-refractivity contribution in [1.29, 1.82) is 0 Å². The van der Waals surface area contributed by atoms with Crippen molar-refractivity contribution in [1.82, 2.24) is 15.5 Å². The highest BCUT2D eigenvalue weighted by Gasteiger charge is 2.13. The van der Waals surface area contributed by atoms with Crippen molar-refractivity contribution in [2.45, 2.75) is 19.5 Å². The zero-order valence-corrected chi connectivity index (χ0v) is 9.83. The molecule has 1 aromatic heterocycles. The van der Waals surface area contributed by atoms with Crippen LogP contribution >= 0.6 is 0 Å². The van der Waals surface area contributed by atoms with E-state index in [1.807, 2.05) is 30.3 Å². The van der Waals surface area contributed by atoms with Crippen LogP contribution in [-0.4, -0.2) is 27.3 Å². The molecule has 94 valence electrons. The van der Waals surface area contributed by atoms with E-state index in [4.69, 9.17) is 9.63 Å². The Kier molecular flexibility index (Phi) is 3.69. The van der Waals surface area contributed by atoms with Gasteiger partial charge in [0, 0.05) is 5.56 Å². The van der Waals surface area contributed by atoms with Crippen LogP contribution in [0, 0.1) is 0 Å². The van der Waals surface area contributed by atoms with E-state index >= 15 is 0 Å². The molecule has 0 fully saturated rings. The first-order valence-corrected chi connectivity index (χ1v) is 5.51. The fourth-order valence-electron chi connectivity index (χ4n) is 1.36. The van der Waals surface area contributed by atoms with Crippen LogP contribution < -0.4 is 5.32 Å². The van der Waals surface area contributed by atoms with E-state index in [0.29, 0.717) is 11.7 Å².